The van der Waals surface area contributed by atoms with E-state index < -0.39 is 18.2 Å². The van der Waals surface area contributed by atoms with Gasteiger partial charge in [0.05, 0.1) is 16.8 Å². The third-order valence-electron chi connectivity index (χ3n) is 2.65. The average molecular weight is 346 g/mol. The predicted molar refractivity (Wildman–Crippen MR) is 77.9 cm³/mol. The van der Waals surface area contributed by atoms with Crippen molar-refractivity contribution in [3.63, 3.8) is 0 Å². The monoisotopic (exact) mass is 346 g/mol. The number of anilines is 1. The highest BCUT2D eigenvalue weighted by molar-refractivity contribution is 7.22. The normalized spacial score (nSPS) is 11.3. The Labute approximate surface area is 132 Å². The number of benzene rings is 1. The van der Waals surface area contributed by atoms with Gasteiger partial charge in [-0.1, -0.05) is 11.3 Å². The van der Waals surface area contributed by atoms with Crippen LogP contribution in [0.25, 0.3) is 10.2 Å². The molecular formula is C13H11F3N3O3S. The Morgan fingerprint density at radius 3 is 2.74 bits per heavy atom. The SMILES string of the molecule is [CH2]C(=O)N(C)CC(=O)Nc1nc2ccc(OC(F)(F)F)cc2s1. The Balaban J connectivity index is 2.11. The van der Waals surface area contributed by atoms with Crippen LogP contribution in [0.2, 0.25) is 0 Å². The van der Waals surface area contributed by atoms with Crippen LogP contribution in [0.5, 0.6) is 5.75 Å². The van der Waals surface area contributed by atoms with Crippen molar-refractivity contribution in [3.8, 4) is 5.75 Å². The zero-order valence-corrected chi connectivity index (χ0v) is 12.6. The number of aromatic nitrogens is 1. The van der Waals surface area contributed by atoms with Crippen LogP contribution in [0.3, 0.4) is 0 Å². The van der Waals surface area contributed by atoms with Crippen molar-refractivity contribution >= 4 is 38.5 Å². The molecule has 0 bridgehead atoms. The number of nitrogens with zero attached hydrogens (tertiary/aromatic N) is 2. The lowest BCUT2D eigenvalue weighted by Crippen LogP contribution is -2.33. The largest absolute Gasteiger partial charge is 0.573 e. The first kappa shape index (κ1) is 17.0. The number of likely N-dealkylation sites (N-methyl/N-ethyl adjacent to an activating group) is 1. The van der Waals surface area contributed by atoms with Crippen LogP contribution >= 0.6 is 11.3 Å². The van der Waals surface area contributed by atoms with E-state index in [2.05, 4.69) is 22.0 Å². The van der Waals surface area contributed by atoms with Gasteiger partial charge in [0.1, 0.15) is 5.75 Å². The maximum Gasteiger partial charge on any atom is 0.573 e. The van der Waals surface area contributed by atoms with Gasteiger partial charge in [0.25, 0.3) is 0 Å². The molecule has 0 spiro atoms. The molecule has 1 heterocycles. The lowest BCUT2D eigenvalue weighted by atomic mass is 10.3. The van der Waals surface area contributed by atoms with Crippen LogP contribution in [0.4, 0.5) is 18.3 Å². The molecule has 123 valence electrons. The summed E-state index contributed by atoms with van der Waals surface area (Å²) in [7, 11) is 1.41. The van der Waals surface area contributed by atoms with Gasteiger partial charge < -0.3 is 15.0 Å². The van der Waals surface area contributed by atoms with Gasteiger partial charge in [0, 0.05) is 20.0 Å². The third kappa shape index (κ3) is 4.81. The molecule has 0 fully saturated rings. The summed E-state index contributed by atoms with van der Waals surface area (Å²) in [6.07, 6.45) is -4.78. The van der Waals surface area contributed by atoms with Gasteiger partial charge in [0.15, 0.2) is 5.13 Å². The zero-order valence-electron chi connectivity index (χ0n) is 11.8. The van der Waals surface area contributed by atoms with Crippen LogP contribution in [0.1, 0.15) is 0 Å². The second kappa shape index (κ2) is 6.41. The molecule has 0 saturated heterocycles. The molecule has 1 aromatic carbocycles. The van der Waals surface area contributed by atoms with Gasteiger partial charge in [-0.2, -0.15) is 0 Å². The second-order valence-corrected chi connectivity index (χ2v) is 5.52. The highest BCUT2D eigenvalue weighted by Crippen LogP contribution is 2.31. The Kier molecular flexibility index (Phi) is 4.73. The minimum absolute atomic E-state index is 0.207. The molecule has 23 heavy (non-hydrogen) atoms. The molecule has 6 nitrogen and oxygen atoms in total. The van der Waals surface area contributed by atoms with Gasteiger partial charge >= 0.3 is 6.36 Å². The van der Waals surface area contributed by atoms with Crippen molar-refractivity contribution in [3.05, 3.63) is 25.1 Å². The Morgan fingerprint density at radius 2 is 2.13 bits per heavy atom. The summed E-state index contributed by atoms with van der Waals surface area (Å²) in [5.41, 5.74) is 0.418. The van der Waals surface area contributed by atoms with Gasteiger partial charge in [-0.05, 0) is 12.1 Å². The predicted octanol–water partition coefficient (Wildman–Crippen LogP) is 2.43. The fourth-order valence-corrected chi connectivity index (χ4v) is 2.53. The van der Waals surface area contributed by atoms with Crippen LogP contribution in [-0.2, 0) is 9.59 Å². The van der Waals surface area contributed by atoms with Crippen LogP contribution < -0.4 is 10.1 Å². The number of nitrogens with one attached hydrogen (secondary N) is 1. The van der Waals surface area contributed by atoms with Crippen molar-refractivity contribution in [2.24, 2.45) is 0 Å². The summed E-state index contributed by atoms with van der Waals surface area (Å²) in [6.45, 7) is 2.95. The quantitative estimate of drug-likeness (QED) is 0.923. The van der Waals surface area contributed by atoms with E-state index in [0.717, 1.165) is 22.3 Å². The Hall–Kier alpha value is -2.36. The molecule has 1 N–H and O–H groups in total. The molecule has 0 aliphatic heterocycles. The topological polar surface area (TPSA) is 71.5 Å². The van der Waals surface area contributed by atoms with Crippen LogP contribution in [0, 0.1) is 6.92 Å². The smallest absolute Gasteiger partial charge is 0.406 e. The Bertz CT molecular complexity index is 745. The first-order chi connectivity index (χ1) is 10.6. The number of carbonyl (C=O) groups is 2. The van der Waals surface area contributed by atoms with E-state index in [0.29, 0.717) is 10.2 Å². The number of rotatable bonds is 4. The fraction of sp³-hybridized carbons (Fsp3) is 0.231. The van der Waals surface area contributed by atoms with E-state index in [9.17, 15) is 22.8 Å². The van der Waals surface area contributed by atoms with E-state index in [1.54, 1.807) is 0 Å². The van der Waals surface area contributed by atoms with Crippen molar-refractivity contribution in [2.45, 2.75) is 6.36 Å². The molecular weight excluding hydrogens is 335 g/mol. The summed E-state index contributed by atoms with van der Waals surface area (Å²) >= 11 is 0.992. The summed E-state index contributed by atoms with van der Waals surface area (Å²) in [5, 5.41) is 2.68. The van der Waals surface area contributed by atoms with E-state index in [-0.39, 0.29) is 17.4 Å². The van der Waals surface area contributed by atoms with Crippen LogP contribution in [0.15, 0.2) is 18.2 Å². The lowest BCUT2D eigenvalue weighted by Gasteiger charge is -2.12. The van der Waals surface area contributed by atoms with E-state index in [1.165, 1.54) is 19.2 Å². The summed E-state index contributed by atoms with van der Waals surface area (Å²) in [6, 6.07) is 3.67. The molecule has 0 atom stereocenters. The Morgan fingerprint density at radius 1 is 1.43 bits per heavy atom. The number of halogens is 3. The summed E-state index contributed by atoms with van der Waals surface area (Å²) in [5.74, 6) is -1.37. The number of alkyl halides is 3. The minimum atomic E-state index is -4.78. The maximum atomic E-state index is 12.2. The number of amides is 2. The molecule has 0 aliphatic rings. The van der Waals surface area contributed by atoms with Crippen molar-refractivity contribution in [1.29, 1.82) is 0 Å². The van der Waals surface area contributed by atoms with Crippen molar-refractivity contribution in [2.75, 3.05) is 18.9 Å². The molecule has 0 unspecified atom stereocenters. The first-order valence-corrected chi connectivity index (χ1v) is 6.99. The molecule has 0 aliphatic carbocycles. The number of ether oxygens (including phenoxy) is 1. The fourth-order valence-electron chi connectivity index (χ4n) is 1.62. The van der Waals surface area contributed by atoms with E-state index >= 15 is 0 Å². The molecule has 1 radical (unpaired) electrons. The molecule has 1 aromatic heterocycles. The van der Waals surface area contributed by atoms with Gasteiger partial charge in [-0.15, -0.1) is 13.2 Å². The third-order valence-corrected chi connectivity index (χ3v) is 3.58. The second-order valence-electron chi connectivity index (χ2n) is 4.49. The van der Waals surface area contributed by atoms with E-state index in [1.807, 2.05) is 0 Å². The first-order valence-electron chi connectivity index (χ1n) is 6.17. The number of fused-ring (bicyclic) bond motifs is 1. The highest BCUT2D eigenvalue weighted by Gasteiger charge is 2.31. The number of hydrogen-bond donors (Lipinski definition) is 1. The van der Waals surface area contributed by atoms with Crippen LogP contribution in [-0.4, -0.2) is 41.7 Å². The summed E-state index contributed by atoms with van der Waals surface area (Å²) < 4.78 is 40.8. The maximum absolute atomic E-state index is 12.2. The molecule has 2 rings (SSSR count). The molecule has 0 saturated carbocycles. The summed E-state index contributed by atoms with van der Waals surface area (Å²) in [4.78, 5) is 27.8. The van der Waals surface area contributed by atoms with E-state index in [4.69, 9.17) is 0 Å². The minimum Gasteiger partial charge on any atom is -0.406 e. The van der Waals surface area contributed by atoms with Gasteiger partial charge in [-0.25, -0.2) is 4.98 Å². The number of carbonyl (C=O) groups excluding carboxylic acids is 2. The van der Waals surface area contributed by atoms with Gasteiger partial charge in [0.2, 0.25) is 11.8 Å². The molecule has 2 aromatic rings. The standard InChI is InChI=1S/C13H11F3N3O3S/c1-7(20)19(2)6-11(21)18-12-17-9-4-3-8(5-10(9)23-12)22-13(14,15)16/h3-5H,1,6H2,2H3,(H,17,18,21). The van der Waals surface area contributed by atoms with Gasteiger partial charge in [-0.3, -0.25) is 9.59 Å². The van der Waals surface area contributed by atoms with Crippen molar-refractivity contribution < 1.29 is 27.5 Å². The highest BCUT2D eigenvalue weighted by atomic mass is 32.1. The molecule has 2 amide bonds. The molecule has 10 heteroatoms. The zero-order chi connectivity index (χ0) is 17.2. The lowest BCUT2D eigenvalue weighted by molar-refractivity contribution is -0.274. The van der Waals surface area contributed by atoms with Crippen molar-refractivity contribution in [1.82, 2.24) is 9.88 Å². The average Bonchev–Trinajstić information content (AvgIpc) is 2.77. The number of thiazole rings is 1. The number of hydrogen-bond acceptors (Lipinski definition) is 5.